The number of nitrogens with one attached hydrogen (secondary N) is 1. The van der Waals surface area contributed by atoms with Gasteiger partial charge < -0.3 is 14.8 Å². The SMILES string of the molecule is CC(C)NC(=O)c1cc2ccc(O)cc2oc1=O. The molecule has 5 nitrogen and oxygen atoms in total. The average Bonchev–Trinajstić information content (AvgIpc) is 2.26. The lowest BCUT2D eigenvalue weighted by Gasteiger charge is -2.07. The molecule has 1 aromatic carbocycles. The number of hydrogen-bond donors (Lipinski definition) is 2. The molecule has 0 spiro atoms. The quantitative estimate of drug-likeness (QED) is 0.790. The predicted molar refractivity (Wildman–Crippen MR) is 66.8 cm³/mol. The highest BCUT2D eigenvalue weighted by Gasteiger charge is 2.14. The van der Waals surface area contributed by atoms with E-state index in [1.54, 1.807) is 19.9 Å². The van der Waals surface area contributed by atoms with Gasteiger partial charge in [0, 0.05) is 17.5 Å². The Morgan fingerprint density at radius 2 is 2.06 bits per heavy atom. The first-order valence-electron chi connectivity index (χ1n) is 5.55. The smallest absolute Gasteiger partial charge is 0.349 e. The highest BCUT2D eigenvalue weighted by Crippen LogP contribution is 2.19. The third-order valence-corrected chi connectivity index (χ3v) is 2.38. The molecule has 0 fully saturated rings. The van der Waals surface area contributed by atoms with Gasteiger partial charge in [-0.1, -0.05) is 0 Å². The van der Waals surface area contributed by atoms with Gasteiger partial charge in [0.15, 0.2) is 0 Å². The van der Waals surface area contributed by atoms with Crippen LogP contribution in [0.25, 0.3) is 11.0 Å². The molecule has 0 aliphatic carbocycles. The van der Waals surface area contributed by atoms with Crippen molar-refractivity contribution in [1.82, 2.24) is 5.32 Å². The van der Waals surface area contributed by atoms with Crippen molar-refractivity contribution in [2.24, 2.45) is 0 Å². The van der Waals surface area contributed by atoms with Crippen LogP contribution in [0.3, 0.4) is 0 Å². The zero-order chi connectivity index (χ0) is 13.3. The minimum Gasteiger partial charge on any atom is -0.508 e. The molecule has 2 rings (SSSR count). The summed E-state index contributed by atoms with van der Waals surface area (Å²) in [5.41, 5.74) is -0.505. The second-order valence-electron chi connectivity index (χ2n) is 4.30. The first-order chi connectivity index (χ1) is 8.47. The third kappa shape index (κ3) is 2.34. The van der Waals surface area contributed by atoms with Crippen molar-refractivity contribution in [3.05, 3.63) is 40.2 Å². The molecule has 18 heavy (non-hydrogen) atoms. The standard InChI is InChI=1S/C13H13NO4/c1-7(2)14-12(16)10-5-8-3-4-9(15)6-11(8)18-13(10)17/h3-7,15H,1-2H3,(H,14,16). The van der Waals surface area contributed by atoms with Gasteiger partial charge in [0.1, 0.15) is 16.9 Å². The highest BCUT2D eigenvalue weighted by molar-refractivity contribution is 5.96. The number of phenolic OH excluding ortho intramolecular Hbond substituents is 1. The number of carbonyl (C=O) groups is 1. The normalized spacial score (nSPS) is 10.8. The molecule has 0 aliphatic rings. The van der Waals surface area contributed by atoms with E-state index >= 15 is 0 Å². The molecule has 1 heterocycles. The Hall–Kier alpha value is -2.30. The van der Waals surface area contributed by atoms with E-state index in [1.807, 2.05) is 0 Å². The van der Waals surface area contributed by atoms with Gasteiger partial charge >= 0.3 is 5.63 Å². The number of hydrogen-bond acceptors (Lipinski definition) is 4. The van der Waals surface area contributed by atoms with Crippen molar-refractivity contribution in [2.75, 3.05) is 0 Å². The summed E-state index contributed by atoms with van der Waals surface area (Å²) in [5.74, 6) is -0.459. The van der Waals surface area contributed by atoms with E-state index in [0.717, 1.165) is 0 Å². The van der Waals surface area contributed by atoms with Gasteiger partial charge in [0.05, 0.1) is 0 Å². The third-order valence-electron chi connectivity index (χ3n) is 2.38. The number of aromatic hydroxyl groups is 1. The predicted octanol–water partition coefficient (Wildman–Crippen LogP) is 1.64. The summed E-state index contributed by atoms with van der Waals surface area (Å²) in [5, 5.41) is 12.5. The lowest BCUT2D eigenvalue weighted by atomic mass is 10.1. The Bertz CT molecular complexity index is 658. The number of amides is 1. The molecular formula is C13H13NO4. The van der Waals surface area contributed by atoms with Crippen LogP contribution in [0.5, 0.6) is 5.75 Å². The summed E-state index contributed by atoms with van der Waals surface area (Å²) in [7, 11) is 0. The molecule has 0 bridgehead atoms. The van der Waals surface area contributed by atoms with Gasteiger partial charge in [-0.2, -0.15) is 0 Å². The number of fused-ring (bicyclic) bond motifs is 1. The summed E-state index contributed by atoms with van der Waals surface area (Å²) >= 11 is 0. The number of benzene rings is 1. The summed E-state index contributed by atoms with van der Waals surface area (Å²) in [6.07, 6.45) is 0. The molecule has 2 aromatic rings. The van der Waals surface area contributed by atoms with Crippen LogP contribution in [0.1, 0.15) is 24.2 Å². The zero-order valence-corrected chi connectivity index (χ0v) is 10.1. The molecule has 2 N–H and O–H groups in total. The van der Waals surface area contributed by atoms with Gasteiger partial charge in [0.25, 0.3) is 5.91 Å². The van der Waals surface area contributed by atoms with Gasteiger partial charge in [-0.15, -0.1) is 0 Å². The zero-order valence-electron chi connectivity index (χ0n) is 10.1. The van der Waals surface area contributed by atoms with E-state index in [0.29, 0.717) is 5.39 Å². The Morgan fingerprint density at radius 1 is 1.33 bits per heavy atom. The van der Waals surface area contributed by atoms with Crippen LogP contribution in [0.2, 0.25) is 0 Å². The van der Waals surface area contributed by atoms with Gasteiger partial charge in [-0.25, -0.2) is 4.79 Å². The maximum Gasteiger partial charge on any atom is 0.349 e. The first-order valence-corrected chi connectivity index (χ1v) is 5.55. The Morgan fingerprint density at radius 3 is 2.72 bits per heavy atom. The van der Waals surface area contributed by atoms with Crippen LogP contribution in [-0.4, -0.2) is 17.1 Å². The van der Waals surface area contributed by atoms with Crippen molar-refractivity contribution in [2.45, 2.75) is 19.9 Å². The van der Waals surface area contributed by atoms with Gasteiger partial charge in [-0.3, -0.25) is 4.79 Å². The molecule has 5 heteroatoms. The molecule has 1 aromatic heterocycles. The van der Waals surface area contributed by atoms with Crippen LogP contribution in [0.15, 0.2) is 33.5 Å². The first kappa shape index (κ1) is 12.2. The van der Waals surface area contributed by atoms with Crippen molar-refractivity contribution in [3.63, 3.8) is 0 Å². The molecule has 0 saturated heterocycles. The lowest BCUT2D eigenvalue weighted by Crippen LogP contribution is -2.33. The fourth-order valence-electron chi connectivity index (χ4n) is 1.60. The fraction of sp³-hybridized carbons (Fsp3) is 0.231. The molecular weight excluding hydrogens is 234 g/mol. The van der Waals surface area contributed by atoms with Crippen molar-refractivity contribution >= 4 is 16.9 Å². The van der Waals surface area contributed by atoms with Gasteiger partial charge in [-0.05, 0) is 32.0 Å². The molecule has 0 saturated carbocycles. The minimum atomic E-state index is -0.716. The van der Waals surface area contributed by atoms with Crippen LogP contribution in [-0.2, 0) is 0 Å². The van der Waals surface area contributed by atoms with E-state index in [-0.39, 0.29) is 22.9 Å². The molecule has 0 radical (unpaired) electrons. The van der Waals surface area contributed by atoms with Crippen LogP contribution < -0.4 is 10.9 Å². The van der Waals surface area contributed by atoms with Crippen molar-refractivity contribution in [1.29, 1.82) is 0 Å². The Kier molecular flexibility index (Phi) is 3.06. The van der Waals surface area contributed by atoms with E-state index in [4.69, 9.17) is 4.42 Å². The monoisotopic (exact) mass is 247 g/mol. The maximum atomic E-state index is 11.8. The van der Waals surface area contributed by atoms with Crippen LogP contribution >= 0.6 is 0 Å². The highest BCUT2D eigenvalue weighted by atomic mass is 16.4. The number of phenols is 1. The second-order valence-corrected chi connectivity index (χ2v) is 4.30. The Balaban J connectivity index is 2.53. The van der Waals surface area contributed by atoms with Gasteiger partial charge in [0.2, 0.25) is 0 Å². The average molecular weight is 247 g/mol. The number of carbonyl (C=O) groups excluding carboxylic acids is 1. The summed E-state index contributed by atoms with van der Waals surface area (Å²) in [4.78, 5) is 23.4. The molecule has 1 amide bonds. The molecule has 0 unspecified atom stereocenters. The molecule has 0 aliphatic heterocycles. The Labute approximate surface area is 103 Å². The van der Waals surface area contributed by atoms with Crippen molar-refractivity contribution in [3.8, 4) is 5.75 Å². The van der Waals surface area contributed by atoms with E-state index in [9.17, 15) is 14.7 Å². The largest absolute Gasteiger partial charge is 0.508 e. The second kappa shape index (κ2) is 4.52. The summed E-state index contributed by atoms with van der Waals surface area (Å²) < 4.78 is 5.00. The minimum absolute atomic E-state index is 0.00466. The van der Waals surface area contributed by atoms with E-state index in [1.165, 1.54) is 18.2 Å². The summed E-state index contributed by atoms with van der Waals surface area (Å²) in [6, 6.07) is 5.78. The topological polar surface area (TPSA) is 79.5 Å². The van der Waals surface area contributed by atoms with Crippen LogP contribution in [0, 0.1) is 0 Å². The molecule has 94 valence electrons. The van der Waals surface area contributed by atoms with Crippen LogP contribution in [0.4, 0.5) is 0 Å². The summed E-state index contributed by atoms with van der Waals surface area (Å²) in [6.45, 7) is 3.61. The molecule has 0 atom stereocenters. The van der Waals surface area contributed by atoms with Crippen molar-refractivity contribution < 1.29 is 14.3 Å². The van der Waals surface area contributed by atoms with E-state index < -0.39 is 11.5 Å². The fourth-order valence-corrected chi connectivity index (χ4v) is 1.60. The maximum absolute atomic E-state index is 11.8. The lowest BCUT2D eigenvalue weighted by molar-refractivity contribution is 0.0939. The number of rotatable bonds is 2. The van der Waals surface area contributed by atoms with E-state index in [2.05, 4.69) is 5.32 Å².